The summed E-state index contributed by atoms with van der Waals surface area (Å²) in [5, 5.41) is 0. The molecule has 4 heteroatoms. The lowest BCUT2D eigenvalue weighted by Crippen LogP contribution is -2.49. The predicted molar refractivity (Wildman–Crippen MR) is 88.5 cm³/mol. The van der Waals surface area contributed by atoms with Gasteiger partial charge in [0.2, 0.25) is 5.91 Å². The highest BCUT2D eigenvalue weighted by molar-refractivity contribution is 5.79. The van der Waals surface area contributed by atoms with Crippen LogP contribution in [0.3, 0.4) is 0 Å². The third-order valence-electron chi connectivity index (χ3n) is 4.33. The van der Waals surface area contributed by atoms with Gasteiger partial charge >= 0.3 is 0 Å². The molecule has 0 aromatic heterocycles. The molecule has 0 N–H and O–H groups in total. The third kappa shape index (κ3) is 3.77. The van der Waals surface area contributed by atoms with Crippen LogP contribution in [0.5, 0.6) is 0 Å². The maximum atomic E-state index is 13.3. The van der Waals surface area contributed by atoms with Crippen molar-refractivity contribution >= 4 is 5.91 Å². The number of amides is 1. The van der Waals surface area contributed by atoms with Crippen LogP contribution in [0.25, 0.3) is 0 Å². The second-order valence-corrected chi connectivity index (χ2v) is 6.08. The van der Waals surface area contributed by atoms with Gasteiger partial charge in [0.25, 0.3) is 0 Å². The van der Waals surface area contributed by atoms with E-state index in [1.54, 1.807) is 12.1 Å². The summed E-state index contributed by atoms with van der Waals surface area (Å²) in [6.45, 7) is 2.38. The molecule has 0 radical (unpaired) electrons. The Hall–Kier alpha value is -2.20. The van der Waals surface area contributed by atoms with Crippen molar-refractivity contribution in [3.63, 3.8) is 0 Å². The molecule has 1 amide bonds. The molecule has 1 unspecified atom stereocenters. The SMILES string of the molecule is CN1CCN(C(=O)Cc2cccc(F)c2)C(c2ccccc2)C1. The van der Waals surface area contributed by atoms with Crippen LogP contribution in [0.2, 0.25) is 0 Å². The van der Waals surface area contributed by atoms with Crippen LogP contribution in [-0.2, 0) is 11.2 Å². The zero-order valence-electron chi connectivity index (χ0n) is 13.3. The van der Waals surface area contributed by atoms with E-state index in [-0.39, 0.29) is 24.2 Å². The van der Waals surface area contributed by atoms with Crippen molar-refractivity contribution in [3.8, 4) is 0 Å². The van der Waals surface area contributed by atoms with E-state index in [0.717, 1.165) is 24.2 Å². The second-order valence-electron chi connectivity index (χ2n) is 6.08. The number of hydrogen-bond donors (Lipinski definition) is 0. The number of benzene rings is 2. The Morgan fingerprint density at radius 2 is 1.91 bits per heavy atom. The summed E-state index contributed by atoms with van der Waals surface area (Å²) < 4.78 is 13.3. The number of hydrogen-bond acceptors (Lipinski definition) is 2. The molecule has 2 aromatic carbocycles. The topological polar surface area (TPSA) is 23.6 Å². The molecule has 23 heavy (non-hydrogen) atoms. The number of carbonyl (C=O) groups is 1. The van der Waals surface area contributed by atoms with Crippen molar-refractivity contribution in [1.82, 2.24) is 9.80 Å². The van der Waals surface area contributed by atoms with Gasteiger partial charge in [0.1, 0.15) is 5.82 Å². The Labute approximate surface area is 136 Å². The van der Waals surface area contributed by atoms with Gasteiger partial charge in [-0.2, -0.15) is 0 Å². The minimum absolute atomic E-state index is 0.0519. The normalized spacial score (nSPS) is 18.9. The Bertz CT molecular complexity index is 674. The Morgan fingerprint density at radius 3 is 2.65 bits per heavy atom. The molecule has 120 valence electrons. The first-order valence-electron chi connectivity index (χ1n) is 7.91. The van der Waals surface area contributed by atoms with E-state index in [4.69, 9.17) is 0 Å². The molecule has 1 aliphatic rings. The summed E-state index contributed by atoms with van der Waals surface area (Å²) in [6.07, 6.45) is 0.241. The number of piperazine rings is 1. The fourth-order valence-corrected chi connectivity index (χ4v) is 3.10. The summed E-state index contributed by atoms with van der Waals surface area (Å²) in [5.74, 6) is -0.245. The standard InChI is InChI=1S/C19H21FN2O/c1-21-10-11-22(18(14-21)16-7-3-2-4-8-16)19(23)13-15-6-5-9-17(20)12-15/h2-9,12,18H,10-11,13-14H2,1H3. The summed E-state index contributed by atoms with van der Waals surface area (Å²) in [5.41, 5.74) is 1.87. The van der Waals surface area contributed by atoms with Gasteiger partial charge in [0.05, 0.1) is 12.5 Å². The molecule has 3 rings (SSSR count). The van der Waals surface area contributed by atoms with Crippen LogP contribution in [0.15, 0.2) is 54.6 Å². The third-order valence-corrected chi connectivity index (χ3v) is 4.33. The molecule has 1 fully saturated rings. The lowest BCUT2D eigenvalue weighted by molar-refractivity contribution is -0.135. The quantitative estimate of drug-likeness (QED) is 0.870. The van der Waals surface area contributed by atoms with E-state index < -0.39 is 0 Å². The molecule has 2 aromatic rings. The van der Waals surface area contributed by atoms with Gasteiger partial charge in [0.15, 0.2) is 0 Å². The number of likely N-dealkylation sites (N-methyl/N-ethyl adjacent to an activating group) is 1. The average molecular weight is 312 g/mol. The zero-order valence-corrected chi connectivity index (χ0v) is 13.3. The van der Waals surface area contributed by atoms with Crippen LogP contribution < -0.4 is 0 Å². The van der Waals surface area contributed by atoms with Gasteiger partial charge in [-0.15, -0.1) is 0 Å². The molecule has 0 bridgehead atoms. The van der Waals surface area contributed by atoms with Crippen molar-refractivity contribution in [2.45, 2.75) is 12.5 Å². The maximum Gasteiger partial charge on any atom is 0.227 e. The minimum atomic E-state index is -0.298. The fourth-order valence-electron chi connectivity index (χ4n) is 3.10. The molecule has 1 heterocycles. The van der Waals surface area contributed by atoms with E-state index in [0.29, 0.717) is 6.54 Å². The van der Waals surface area contributed by atoms with Crippen molar-refractivity contribution < 1.29 is 9.18 Å². The molecule has 0 spiro atoms. The van der Waals surface area contributed by atoms with Gasteiger partial charge in [-0.05, 0) is 30.3 Å². The Balaban J connectivity index is 1.79. The zero-order chi connectivity index (χ0) is 16.2. The summed E-state index contributed by atoms with van der Waals surface area (Å²) in [4.78, 5) is 16.9. The fraction of sp³-hybridized carbons (Fsp3) is 0.316. The van der Waals surface area contributed by atoms with Crippen LogP contribution in [-0.4, -0.2) is 42.4 Å². The number of halogens is 1. The number of carbonyl (C=O) groups excluding carboxylic acids is 1. The molecule has 1 saturated heterocycles. The highest BCUT2D eigenvalue weighted by Gasteiger charge is 2.29. The molecule has 0 saturated carbocycles. The van der Waals surface area contributed by atoms with Crippen LogP contribution >= 0.6 is 0 Å². The van der Waals surface area contributed by atoms with Crippen molar-refractivity contribution in [2.75, 3.05) is 26.7 Å². The van der Waals surface area contributed by atoms with E-state index >= 15 is 0 Å². The summed E-state index contributed by atoms with van der Waals surface area (Å²) in [6, 6.07) is 16.4. The Kier molecular flexibility index (Phi) is 4.72. The predicted octanol–water partition coefficient (Wildman–Crippen LogP) is 2.88. The molecular weight excluding hydrogens is 291 g/mol. The monoisotopic (exact) mass is 312 g/mol. The van der Waals surface area contributed by atoms with Gasteiger partial charge in [-0.25, -0.2) is 4.39 Å². The maximum absolute atomic E-state index is 13.3. The first kappa shape index (κ1) is 15.7. The lowest BCUT2D eigenvalue weighted by atomic mass is 10.0. The van der Waals surface area contributed by atoms with Gasteiger partial charge in [-0.1, -0.05) is 42.5 Å². The van der Waals surface area contributed by atoms with Crippen LogP contribution in [0.1, 0.15) is 17.2 Å². The largest absolute Gasteiger partial charge is 0.333 e. The van der Waals surface area contributed by atoms with Gasteiger partial charge < -0.3 is 9.80 Å². The Morgan fingerprint density at radius 1 is 1.13 bits per heavy atom. The molecular formula is C19H21FN2O. The highest BCUT2D eigenvalue weighted by Crippen LogP contribution is 2.25. The van der Waals surface area contributed by atoms with Gasteiger partial charge in [0, 0.05) is 19.6 Å². The molecule has 0 aliphatic carbocycles. The van der Waals surface area contributed by atoms with E-state index in [9.17, 15) is 9.18 Å². The average Bonchev–Trinajstić information content (AvgIpc) is 2.55. The highest BCUT2D eigenvalue weighted by atomic mass is 19.1. The van der Waals surface area contributed by atoms with Crippen LogP contribution in [0, 0.1) is 5.82 Å². The first-order valence-corrected chi connectivity index (χ1v) is 7.91. The lowest BCUT2D eigenvalue weighted by Gasteiger charge is -2.40. The van der Waals surface area contributed by atoms with Crippen molar-refractivity contribution in [2.24, 2.45) is 0 Å². The number of rotatable bonds is 3. The molecule has 3 nitrogen and oxygen atoms in total. The summed E-state index contributed by atoms with van der Waals surface area (Å²) >= 11 is 0. The van der Waals surface area contributed by atoms with Gasteiger partial charge in [-0.3, -0.25) is 4.79 Å². The molecule has 1 atom stereocenters. The summed E-state index contributed by atoms with van der Waals surface area (Å²) in [7, 11) is 2.07. The van der Waals surface area contributed by atoms with E-state index in [1.165, 1.54) is 12.1 Å². The van der Waals surface area contributed by atoms with Crippen molar-refractivity contribution in [1.29, 1.82) is 0 Å². The van der Waals surface area contributed by atoms with E-state index in [1.807, 2.05) is 23.1 Å². The first-order chi connectivity index (χ1) is 11.1. The number of nitrogens with zero attached hydrogens (tertiary/aromatic N) is 2. The van der Waals surface area contributed by atoms with Crippen molar-refractivity contribution in [3.05, 3.63) is 71.5 Å². The molecule has 1 aliphatic heterocycles. The minimum Gasteiger partial charge on any atom is -0.333 e. The van der Waals surface area contributed by atoms with E-state index in [2.05, 4.69) is 24.1 Å². The smallest absolute Gasteiger partial charge is 0.227 e. The second kappa shape index (κ2) is 6.92. The van der Waals surface area contributed by atoms with Crippen LogP contribution in [0.4, 0.5) is 4.39 Å².